The van der Waals surface area contributed by atoms with Crippen LogP contribution in [-0.4, -0.2) is 70.0 Å². The monoisotopic (exact) mass is 637 g/mol. The number of ether oxygens (including phenoxy) is 2. The zero-order chi connectivity index (χ0) is 32.9. The quantitative estimate of drug-likeness (QED) is 0.0251. The Morgan fingerprint density at radius 3 is 1.98 bits per heavy atom. The maximum absolute atomic E-state index is 12.5. The molecule has 0 bridgehead atoms. The molecule has 2 atom stereocenters. The van der Waals surface area contributed by atoms with Crippen LogP contribution in [0.4, 0.5) is 0 Å². The maximum Gasteiger partial charge on any atom is 0.306 e. The molecule has 0 rings (SSSR count). The van der Waals surface area contributed by atoms with Gasteiger partial charge in [-0.1, -0.05) is 99.6 Å². The first kappa shape index (κ1) is 41.4. The van der Waals surface area contributed by atoms with E-state index in [-0.39, 0.29) is 26.1 Å². The van der Waals surface area contributed by atoms with E-state index in [2.05, 4.69) is 26.0 Å². The largest absolute Gasteiger partial charge is 0.756 e. The molecule has 10 heteroatoms. The van der Waals surface area contributed by atoms with Crippen LogP contribution in [0, 0.1) is 0 Å². The molecule has 0 radical (unpaired) electrons. The van der Waals surface area contributed by atoms with Crippen LogP contribution in [0.2, 0.25) is 0 Å². The molecule has 0 amide bonds. The molecule has 0 saturated heterocycles. The predicted molar refractivity (Wildman–Crippen MR) is 176 cm³/mol. The molecular weight excluding hydrogens is 581 g/mol. The Bertz CT molecular complexity index is 992. The van der Waals surface area contributed by atoms with E-state index in [1.165, 1.54) is 6.42 Å². The zero-order valence-corrected chi connectivity index (χ0v) is 28.5. The van der Waals surface area contributed by atoms with Gasteiger partial charge in [0.1, 0.15) is 19.8 Å². The van der Waals surface area contributed by atoms with Gasteiger partial charge in [-0.2, -0.15) is 0 Å². The minimum atomic E-state index is -4.64. The van der Waals surface area contributed by atoms with E-state index in [1.54, 1.807) is 0 Å². The van der Waals surface area contributed by atoms with Crippen LogP contribution in [-0.2, 0) is 32.7 Å². The van der Waals surface area contributed by atoms with E-state index in [0.29, 0.717) is 30.3 Å². The molecule has 0 N–H and O–H groups in total. The summed E-state index contributed by atoms with van der Waals surface area (Å²) in [6, 6.07) is 0. The lowest BCUT2D eigenvalue weighted by atomic mass is 10.2. The SMILES string of the molecule is CC/C=C/C=C/C=C/C=C/C=C/CCCC(=O)OC(COC(=O)CC/C=C/CCCCC)COP(=O)([O-])OCC[N+](C)(C)C. The van der Waals surface area contributed by atoms with E-state index >= 15 is 0 Å². The summed E-state index contributed by atoms with van der Waals surface area (Å²) in [7, 11) is 1.08. The molecule has 0 spiro atoms. The number of carbonyl (C=O) groups is 2. The Morgan fingerprint density at radius 1 is 0.727 bits per heavy atom. The van der Waals surface area contributed by atoms with Crippen LogP contribution in [0.3, 0.4) is 0 Å². The Kier molecular flexibility index (Phi) is 25.3. The predicted octanol–water partition coefficient (Wildman–Crippen LogP) is 6.93. The van der Waals surface area contributed by atoms with Crippen LogP contribution in [0.1, 0.15) is 78.1 Å². The molecule has 0 aromatic rings. The molecule has 9 nitrogen and oxygen atoms in total. The summed E-state index contributed by atoms with van der Waals surface area (Å²) in [4.78, 5) is 36.9. The zero-order valence-electron chi connectivity index (χ0n) is 27.6. The second-order valence-electron chi connectivity index (χ2n) is 11.2. The highest BCUT2D eigenvalue weighted by molar-refractivity contribution is 7.45. The minimum absolute atomic E-state index is 0.0532. The van der Waals surface area contributed by atoms with Crippen LogP contribution in [0.5, 0.6) is 0 Å². The average Bonchev–Trinajstić information content (AvgIpc) is 2.95. The summed E-state index contributed by atoms with van der Waals surface area (Å²) >= 11 is 0. The Labute approximate surface area is 266 Å². The summed E-state index contributed by atoms with van der Waals surface area (Å²) in [5, 5.41) is 0. The molecule has 0 heterocycles. The summed E-state index contributed by atoms with van der Waals surface area (Å²) in [6.45, 7) is 3.81. The van der Waals surface area contributed by atoms with E-state index in [9.17, 15) is 19.0 Å². The minimum Gasteiger partial charge on any atom is -0.756 e. The lowest BCUT2D eigenvalue weighted by molar-refractivity contribution is -0.870. The van der Waals surface area contributed by atoms with Gasteiger partial charge in [-0.05, 0) is 38.5 Å². The number of allylic oxidation sites excluding steroid dienone is 12. The number of rotatable bonds is 26. The molecule has 0 aromatic heterocycles. The third-order valence-corrected chi connectivity index (χ3v) is 6.82. The third-order valence-electron chi connectivity index (χ3n) is 5.85. The van der Waals surface area contributed by atoms with Crippen molar-refractivity contribution in [1.82, 2.24) is 0 Å². The highest BCUT2D eigenvalue weighted by Gasteiger charge is 2.21. The topological polar surface area (TPSA) is 111 Å². The lowest BCUT2D eigenvalue weighted by Crippen LogP contribution is -2.37. The molecule has 44 heavy (non-hydrogen) atoms. The van der Waals surface area contributed by atoms with Gasteiger partial charge in [-0.15, -0.1) is 0 Å². The molecule has 0 aromatic carbocycles. The van der Waals surface area contributed by atoms with Gasteiger partial charge in [-0.3, -0.25) is 14.2 Å². The molecule has 0 saturated carbocycles. The first-order valence-corrected chi connectivity index (χ1v) is 17.2. The average molecular weight is 638 g/mol. The number of hydrogen-bond donors (Lipinski definition) is 0. The highest BCUT2D eigenvalue weighted by Crippen LogP contribution is 2.38. The number of phosphoric acid groups is 1. The molecule has 0 fully saturated rings. The molecule has 0 aliphatic carbocycles. The maximum atomic E-state index is 12.5. The Hall–Kier alpha value is -2.55. The van der Waals surface area contributed by atoms with E-state index in [1.807, 2.05) is 81.9 Å². The van der Waals surface area contributed by atoms with Crippen LogP contribution >= 0.6 is 7.82 Å². The van der Waals surface area contributed by atoms with E-state index in [0.717, 1.165) is 25.7 Å². The number of unbranched alkanes of at least 4 members (excludes halogenated alkanes) is 4. The number of likely N-dealkylation sites (N-methyl/N-ethyl adjacent to an activating group) is 1. The van der Waals surface area contributed by atoms with Gasteiger partial charge in [0, 0.05) is 12.8 Å². The van der Waals surface area contributed by atoms with Crippen molar-refractivity contribution in [3.8, 4) is 0 Å². The number of hydrogen-bond acceptors (Lipinski definition) is 8. The lowest BCUT2D eigenvalue weighted by Gasteiger charge is -2.28. The van der Waals surface area contributed by atoms with Crippen molar-refractivity contribution in [3.63, 3.8) is 0 Å². The van der Waals surface area contributed by atoms with Gasteiger partial charge in [-0.25, -0.2) is 0 Å². The molecule has 250 valence electrons. The normalized spacial score (nSPS) is 15.0. The van der Waals surface area contributed by atoms with Gasteiger partial charge in [0.05, 0.1) is 27.7 Å². The third kappa shape index (κ3) is 29.5. The fourth-order valence-electron chi connectivity index (χ4n) is 3.34. The number of carbonyl (C=O) groups excluding carboxylic acids is 2. The van der Waals surface area contributed by atoms with Crippen LogP contribution in [0.15, 0.2) is 72.9 Å². The van der Waals surface area contributed by atoms with Gasteiger partial charge in [0.15, 0.2) is 6.10 Å². The van der Waals surface area contributed by atoms with Crippen molar-refractivity contribution in [1.29, 1.82) is 0 Å². The van der Waals surface area contributed by atoms with Crippen LogP contribution in [0.25, 0.3) is 0 Å². The second-order valence-corrected chi connectivity index (χ2v) is 12.6. The van der Waals surface area contributed by atoms with Crippen molar-refractivity contribution in [2.45, 2.75) is 84.2 Å². The van der Waals surface area contributed by atoms with Crippen molar-refractivity contribution in [2.75, 3.05) is 47.5 Å². The smallest absolute Gasteiger partial charge is 0.306 e. The second kappa shape index (κ2) is 26.8. The van der Waals surface area contributed by atoms with E-state index in [4.69, 9.17) is 18.5 Å². The van der Waals surface area contributed by atoms with Gasteiger partial charge >= 0.3 is 11.9 Å². The molecule has 0 aliphatic heterocycles. The van der Waals surface area contributed by atoms with Crippen molar-refractivity contribution in [2.24, 2.45) is 0 Å². The highest BCUT2D eigenvalue weighted by atomic mass is 31.2. The molecule has 2 unspecified atom stereocenters. The van der Waals surface area contributed by atoms with Crippen LogP contribution < -0.4 is 4.89 Å². The fraction of sp³-hybridized carbons (Fsp3) is 0.588. The summed E-state index contributed by atoms with van der Waals surface area (Å²) in [6.07, 6.45) is 29.9. The first-order valence-electron chi connectivity index (χ1n) is 15.7. The summed E-state index contributed by atoms with van der Waals surface area (Å²) in [5.41, 5.74) is 0. The molecular formula is C34H56NO8P. The number of nitrogens with zero attached hydrogens (tertiary/aromatic N) is 1. The van der Waals surface area contributed by atoms with Crippen molar-refractivity contribution < 1.29 is 42.1 Å². The Balaban J connectivity index is 4.75. The summed E-state index contributed by atoms with van der Waals surface area (Å²) in [5.74, 6) is -1.00. The summed E-state index contributed by atoms with van der Waals surface area (Å²) < 4.78 is 33.3. The standard InChI is InChI=1S/C34H56NO8P/c1-6-8-10-12-14-15-16-17-18-19-21-23-25-27-34(37)43-32(31-42-44(38,39)41-29-28-35(3,4)5)30-40-33(36)26-24-22-20-13-11-9-7-2/h8,10,12,14-22,32H,6-7,9,11,13,23-31H2,1-5H3/b10-8+,14-12+,16-15+,18-17+,21-19+,22-20+. The van der Waals surface area contributed by atoms with Gasteiger partial charge < -0.3 is 27.9 Å². The first-order chi connectivity index (χ1) is 21.0. The number of phosphoric ester groups is 1. The Morgan fingerprint density at radius 2 is 1.34 bits per heavy atom. The van der Waals surface area contributed by atoms with Gasteiger partial charge in [0.2, 0.25) is 0 Å². The van der Waals surface area contributed by atoms with Crippen molar-refractivity contribution in [3.05, 3.63) is 72.9 Å². The van der Waals surface area contributed by atoms with Gasteiger partial charge in [0.25, 0.3) is 7.82 Å². The van der Waals surface area contributed by atoms with E-state index < -0.39 is 32.5 Å². The van der Waals surface area contributed by atoms with Crippen molar-refractivity contribution >= 4 is 19.8 Å². The number of quaternary nitrogens is 1. The molecule has 0 aliphatic rings. The number of esters is 2. The fourth-order valence-corrected chi connectivity index (χ4v) is 4.07.